The fourth-order valence-corrected chi connectivity index (χ4v) is 2.88. The number of nitrogens with one attached hydrogen (secondary N) is 1. The first-order chi connectivity index (χ1) is 10.2. The lowest BCUT2D eigenvalue weighted by Crippen LogP contribution is -2.04. The lowest BCUT2D eigenvalue weighted by atomic mass is 10.2. The summed E-state index contributed by atoms with van der Waals surface area (Å²) in [5.74, 6) is 0. The van der Waals surface area contributed by atoms with Gasteiger partial charge in [-0.05, 0) is 52.8 Å². The molecule has 0 saturated heterocycles. The maximum atomic E-state index is 6.15. The lowest BCUT2D eigenvalue weighted by molar-refractivity contribution is 0.782. The number of nitrogens with zero attached hydrogens (tertiary/aromatic N) is 2. The minimum Gasteiger partial charge on any atom is -0.341 e. The van der Waals surface area contributed by atoms with Gasteiger partial charge in [-0.3, -0.25) is 4.98 Å². The van der Waals surface area contributed by atoms with E-state index >= 15 is 0 Å². The highest BCUT2D eigenvalue weighted by Gasteiger charge is 2.09. The summed E-state index contributed by atoms with van der Waals surface area (Å²) in [4.78, 5) is 4.44. The molecule has 5 heteroatoms. The molecule has 3 nitrogen and oxygen atoms in total. The van der Waals surface area contributed by atoms with E-state index in [1.54, 1.807) is 0 Å². The maximum Gasteiger partial charge on any atom is 0.0648 e. The normalized spacial score (nSPS) is 11.2. The van der Waals surface area contributed by atoms with Crippen LogP contribution < -0.4 is 5.32 Å². The molecule has 21 heavy (non-hydrogen) atoms. The number of benzene rings is 1. The molecule has 1 aromatic carbocycles. The van der Waals surface area contributed by atoms with Gasteiger partial charge in [0.2, 0.25) is 0 Å². The second-order valence-electron chi connectivity index (χ2n) is 4.94. The van der Waals surface area contributed by atoms with Crippen molar-refractivity contribution >= 4 is 38.4 Å². The fraction of sp³-hybridized carbons (Fsp3) is 0.188. The Bertz CT molecular complexity index is 765. The minimum absolute atomic E-state index is 0.730. The van der Waals surface area contributed by atoms with E-state index in [1.165, 1.54) is 10.9 Å². The highest BCUT2D eigenvalue weighted by Crippen LogP contribution is 2.25. The molecule has 3 aromatic rings. The van der Waals surface area contributed by atoms with Crippen LogP contribution in [0, 0.1) is 0 Å². The van der Waals surface area contributed by atoms with Crippen LogP contribution in [0.1, 0.15) is 11.3 Å². The van der Waals surface area contributed by atoms with E-state index < -0.39 is 0 Å². The van der Waals surface area contributed by atoms with Gasteiger partial charge in [0.05, 0.1) is 17.8 Å². The Kier molecular flexibility index (Phi) is 4.29. The van der Waals surface area contributed by atoms with E-state index in [1.807, 2.05) is 37.5 Å². The summed E-state index contributed by atoms with van der Waals surface area (Å²) in [6, 6.07) is 10.1. The highest BCUT2D eigenvalue weighted by molar-refractivity contribution is 9.10. The summed E-state index contributed by atoms with van der Waals surface area (Å²) in [7, 11) is 1.95. The summed E-state index contributed by atoms with van der Waals surface area (Å²) in [5.41, 5.74) is 3.42. The SMILES string of the molecule is CNCc1cn(Cc2ccc(Br)cn2)c2cc(Cl)ccc12. The molecule has 0 amide bonds. The van der Waals surface area contributed by atoms with Gasteiger partial charge in [-0.2, -0.15) is 0 Å². The van der Waals surface area contributed by atoms with Crippen LogP contribution in [0.15, 0.2) is 47.2 Å². The van der Waals surface area contributed by atoms with Crippen LogP contribution in [0.2, 0.25) is 5.02 Å². The summed E-state index contributed by atoms with van der Waals surface area (Å²) >= 11 is 9.56. The van der Waals surface area contributed by atoms with Crippen LogP contribution in [-0.4, -0.2) is 16.6 Å². The Morgan fingerprint density at radius 2 is 2.14 bits per heavy atom. The van der Waals surface area contributed by atoms with E-state index in [4.69, 9.17) is 11.6 Å². The number of aromatic nitrogens is 2. The fourth-order valence-electron chi connectivity index (χ4n) is 2.48. The molecule has 1 N–H and O–H groups in total. The van der Waals surface area contributed by atoms with Crippen molar-refractivity contribution in [3.8, 4) is 0 Å². The molecule has 0 spiro atoms. The standard InChI is InChI=1S/C16H15BrClN3/c1-19-7-11-9-21(10-14-4-2-12(17)8-20-14)16-6-13(18)3-5-15(11)16/h2-6,8-9,19H,7,10H2,1H3. The van der Waals surface area contributed by atoms with Crippen LogP contribution in [0.5, 0.6) is 0 Å². The molecule has 0 aliphatic heterocycles. The second kappa shape index (κ2) is 6.18. The van der Waals surface area contributed by atoms with Crippen molar-refractivity contribution in [1.29, 1.82) is 0 Å². The highest BCUT2D eigenvalue weighted by atomic mass is 79.9. The number of hydrogen-bond acceptors (Lipinski definition) is 2. The van der Waals surface area contributed by atoms with Crippen LogP contribution in [-0.2, 0) is 13.1 Å². The number of pyridine rings is 1. The second-order valence-corrected chi connectivity index (χ2v) is 6.29. The predicted octanol–water partition coefficient (Wildman–Crippen LogP) is 4.22. The quantitative estimate of drug-likeness (QED) is 0.751. The van der Waals surface area contributed by atoms with Crippen molar-refractivity contribution < 1.29 is 0 Å². The monoisotopic (exact) mass is 363 g/mol. The zero-order chi connectivity index (χ0) is 14.8. The summed E-state index contributed by atoms with van der Waals surface area (Å²) in [5, 5.41) is 5.19. The molecule has 2 heterocycles. The average molecular weight is 365 g/mol. The van der Waals surface area contributed by atoms with Gasteiger partial charge in [0.15, 0.2) is 0 Å². The van der Waals surface area contributed by atoms with Gasteiger partial charge < -0.3 is 9.88 Å². The Morgan fingerprint density at radius 3 is 2.86 bits per heavy atom. The summed E-state index contributed by atoms with van der Waals surface area (Å²) < 4.78 is 3.19. The van der Waals surface area contributed by atoms with Crippen LogP contribution in [0.3, 0.4) is 0 Å². The van der Waals surface area contributed by atoms with E-state index in [0.717, 1.165) is 33.8 Å². The van der Waals surface area contributed by atoms with Gasteiger partial charge in [-0.15, -0.1) is 0 Å². The average Bonchev–Trinajstić information content (AvgIpc) is 2.79. The van der Waals surface area contributed by atoms with Crippen molar-refractivity contribution in [2.24, 2.45) is 0 Å². The van der Waals surface area contributed by atoms with E-state index in [2.05, 4.69) is 43.1 Å². The van der Waals surface area contributed by atoms with Gasteiger partial charge in [-0.25, -0.2) is 0 Å². The van der Waals surface area contributed by atoms with Crippen LogP contribution >= 0.6 is 27.5 Å². The molecule has 3 rings (SSSR count). The largest absolute Gasteiger partial charge is 0.341 e. The minimum atomic E-state index is 0.730. The molecular formula is C16H15BrClN3. The summed E-state index contributed by atoms with van der Waals surface area (Å²) in [6.45, 7) is 1.56. The molecule has 0 radical (unpaired) electrons. The molecule has 0 unspecified atom stereocenters. The van der Waals surface area contributed by atoms with Crippen LogP contribution in [0.4, 0.5) is 0 Å². The Balaban J connectivity index is 2.04. The number of rotatable bonds is 4. The molecule has 0 saturated carbocycles. The predicted molar refractivity (Wildman–Crippen MR) is 90.8 cm³/mol. The molecule has 2 aromatic heterocycles. The first-order valence-corrected chi connectivity index (χ1v) is 7.87. The zero-order valence-corrected chi connectivity index (χ0v) is 13.9. The van der Waals surface area contributed by atoms with Crippen molar-refractivity contribution in [1.82, 2.24) is 14.9 Å². The van der Waals surface area contributed by atoms with Gasteiger partial charge >= 0.3 is 0 Å². The molecule has 0 fully saturated rings. The lowest BCUT2D eigenvalue weighted by Gasteiger charge is -2.05. The molecule has 0 atom stereocenters. The van der Waals surface area contributed by atoms with Gasteiger partial charge in [0.1, 0.15) is 0 Å². The maximum absolute atomic E-state index is 6.15. The Labute approximate surface area is 137 Å². The van der Waals surface area contributed by atoms with Crippen molar-refractivity contribution in [3.63, 3.8) is 0 Å². The Hall–Kier alpha value is -1.36. The molecular weight excluding hydrogens is 350 g/mol. The van der Waals surface area contributed by atoms with E-state index in [9.17, 15) is 0 Å². The van der Waals surface area contributed by atoms with Gasteiger partial charge in [-0.1, -0.05) is 17.7 Å². The number of halogens is 2. The van der Waals surface area contributed by atoms with Crippen molar-refractivity contribution in [3.05, 3.63) is 63.5 Å². The molecule has 0 aliphatic rings. The molecule has 108 valence electrons. The third-order valence-electron chi connectivity index (χ3n) is 3.42. The first kappa shape index (κ1) is 14.6. The first-order valence-electron chi connectivity index (χ1n) is 6.69. The smallest absolute Gasteiger partial charge is 0.0648 e. The van der Waals surface area contributed by atoms with Crippen molar-refractivity contribution in [2.75, 3.05) is 7.05 Å². The van der Waals surface area contributed by atoms with Gasteiger partial charge in [0.25, 0.3) is 0 Å². The third-order valence-corrected chi connectivity index (χ3v) is 4.12. The number of fused-ring (bicyclic) bond motifs is 1. The topological polar surface area (TPSA) is 29.9 Å². The van der Waals surface area contributed by atoms with Crippen molar-refractivity contribution in [2.45, 2.75) is 13.1 Å². The molecule has 0 bridgehead atoms. The van der Waals surface area contributed by atoms with Gasteiger partial charge in [0, 0.05) is 33.8 Å². The zero-order valence-electron chi connectivity index (χ0n) is 11.6. The van der Waals surface area contributed by atoms with E-state index in [-0.39, 0.29) is 0 Å². The van der Waals surface area contributed by atoms with Crippen LogP contribution in [0.25, 0.3) is 10.9 Å². The molecule has 0 aliphatic carbocycles. The van der Waals surface area contributed by atoms with E-state index in [0.29, 0.717) is 0 Å². The third kappa shape index (κ3) is 3.12. The Morgan fingerprint density at radius 1 is 1.29 bits per heavy atom. The number of hydrogen-bond donors (Lipinski definition) is 1. The summed E-state index contributed by atoms with van der Waals surface area (Å²) in [6.07, 6.45) is 3.99.